The molecule has 0 unspecified atom stereocenters. The van der Waals surface area contributed by atoms with Gasteiger partial charge in [0.15, 0.2) is 0 Å². The molecular weight excluding hydrogens is 288 g/mol. The Morgan fingerprint density at radius 3 is 2.57 bits per heavy atom. The molecule has 3 rings (SSSR count). The van der Waals surface area contributed by atoms with Gasteiger partial charge in [0.05, 0.1) is 22.3 Å². The number of imidazole rings is 1. The molecule has 108 valence electrons. The fourth-order valence-electron chi connectivity index (χ4n) is 2.01. The summed E-state index contributed by atoms with van der Waals surface area (Å²) < 4.78 is 31.0. The molecule has 5 nitrogen and oxygen atoms in total. The molecule has 3 aromatic rings. The van der Waals surface area contributed by atoms with Crippen LogP contribution in [0.15, 0.2) is 59.8 Å². The maximum Gasteiger partial charge on any atom is 0.298 e. The van der Waals surface area contributed by atoms with Crippen molar-refractivity contribution in [2.75, 3.05) is 0 Å². The Bertz CT molecular complexity index is 867. The molecule has 0 amide bonds. The lowest BCUT2D eigenvalue weighted by molar-refractivity contribution is 0.247. The number of benzene rings is 2. The molecule has 0 bridgehead atoms. The third kappa shape index (κ3) is 2.81. The topological polar surface area (TPSA) is 61.2 Å². The van der Waals surface area contributed by atoms with Gasteiger partial charge in [0.1, 0.15) is 6.73 Å². The van der Waals surface area contributed by atoms with Crippen LogP contribution in [0.2, 0.25) is 0 Å². The van der Waals surface area contributed by atoms with Gasteiger partial charge in [0.25, 0.3) is 10.1 Å². The van der Waals surface area contributed by atoms with Crippen molar-refractivity contribution in [1.82, 2.24) is 9.55 Å². The summed E-state index contributed by atoms with van der Waals surface area (Å²) in [5.74, 6) is 0. The van der Waals surface area contributed by atoms with E-state index in [2.05, 4.69) is 4.98 Å². The average Bonchev–Trinajstić information content (AvgIpc) is 2.89. The van der Waals surface area contributed by atoms with Crippen LogP contribution in [-0.2, 0) is 21.0 Å². The molecule has 0 aliphatic carbocycles. The summed E-state index contributed by atoms with van der Waals surface area (Å²) in [6.45, 7) is 1.80. The summed E-state index contributed by atoms with van der Waals surface area (Å²) >= 11 is 0. The Morgan fingerprint density at radius 1 is 1.10 bits per heavy atom. The zero-order valence-electron chi connectivity index (χ0n) is 11.4. The lowest BCUT2D eigenvalue weighted by atomic mass is 10.2. The van der Waals surface area contributed by atoms with Crippen LogP contribution in [0.4, 0.5) is 0 Å². The Morgan fingerprint density at radius 2 is 1.81 bits per heavy atom. The molecule has 1 aromatic heterocycles. The first-order valence-electron chi connectivity index (χ1n) is 6.42. The van der Waals surface area contributed by atoms with Crippen LogP contribution in [0.1, 0.15) is 5.56 Å². The van der Waals surface area contributed by atoms with Crippen molar-refractivity contribution in [2.24, 2.45) is 0 Å². The van der Waals surface area contributed by atoms with Gasteiger partial charge in [-0.3, -0.25) is 0 Å². The molecule has 0 fully saturated rings. The quantitative estimate of drug-likeness (QED) is 0.695. The molecule has 6 heteroatoms. The van der Waals surface area contributed by atoms with Crippen LogP contribution in [0, 0.1) is 6.92 Å². The van der Waals surface area contributed by atoms with Gasteiger partial charge in [-0.2, -0.15) is 8.42 Å². The molecule has 0 atom stereocenters. The summed E-state index contributed by atoms with van der Waals surface area (Å²) in [4.78, 5) is 4.34. The Kier molecular flexibility index (Phi) is 3.48. The van der Waals surface area contributed by atoms with Crippen molar-refractivity contribution in [2.45, 2.75) is 18.6 Å². The van der Waals surface area contributed by atoms with Gasteiger partial charge in [-0.1, -0.05) is 29.8 Å². The van der Waals surface area contributed by atoms with Gasteiger partial charge < -0.3 is 4.57 Å². The summed E-state index contributed by atoms with van der Waals surface area (Å²) in [6.07, 6.45) is 1.56. The van der Waals surface area contributed by atoms with E-state index in [-0.39, 0.29) is 11.6 Å². The minimum atomic E-state index is -3.77. The predicted octanol–water partition coefficient (Wildman–Crippen LogP) is 2.71. The molecule has 0 aliphatic rings. The smallest absolute Gasteiger partial charge is 0.298 e. The summed E-state index contributed by atoms with van der Waals surface area (Å²) in [5.41, 5.74) is 2.62. The second kappa shape index (κ2) is 5.31. The molecule has 0 saturated carbocycles. The maximum atomic E-state index is 12.1. The van der Waals surface area contributed by atoms with E-state index < -0.39 is 10.1 Å². The third-order valence-corrected chi connectivity index (χ3v) is 4.45. The standard InChI is InChI=1S/C15H14N2O3S/c1-12-6-8-13(9-7-12)21(18,19)20-11-17-10-16-14-4-2-3-5-15(14)17/h2-10H,11H2,1H3. The number of hydrogen-bond acceptors (Lipinski definition) is 4. The van der Waals surface area contributed by atoms with E-state index in [4.69, 9.17) is 4.18 Å². The first-order valence-corrected chi connectivity index (χ1v) is 7.83. The highest BCUT2D eigenvalue weighted by Gasteiger charge is 2.15. The predicted molar refractivity (Wildman–Crippen MR) is 79.2 cm³/mol. The second-order valence-corrected chi connectivity index (χ2v) is 6.33. The highest BCUT2D eigenvalue weighted by Crippen LogP contribution is 2.16. The molecule has 0 saturated heterocycles. The fraction of sp³-hybridized carbons (Fsp3) is 0.133. The van der Waals surface area contributed by atoms with E-state index in [1.165, 1.54) is 12.1 Å². The van der Waals surface area contributed by atoms with Crippen molar-refractivity contribution in [1.29, 1.82) is 0 Å². The van der Waals surface area contributed by atoms with Crippen LogP contribution in [-0.4, -0.2) is 18.0 Å². The van der Waals surface area contributed by atoms with Gasteiger partial charge in [-0.15, -0.1) is 0 Å². The van der Waals surface area contributed by atoms with E-state index in [1.54, 1.807) is 23.0 Å². The highest BCUT2D eigenvalue weighted by molar-refractivity contribution is 7.86. The van der Waals surface area contributed by atoms with Crippen molar-refractivity contribution >= 4 is 21.2 Å². The van der Waals surface area contributed by atoms with Crippen LogP contribution < -0.4 is 0 Å². The van der Waals surface area contributed by atoms with E-state index in [1.807, 2.05) is 31.2 Å². The molecular formula is C15H14N2O3S. The van der Waals surface area contributed by atoms with Gasteiger partial charge in [0, 0.05) is 0 Å². The first kappa shape index (κ1) is 13.8. The number of aryl methyl sites for hydroxylation is 1. The Hall–Kier alpha value is -2.18. The minimum absolute atomic E-state index is 0.100. The Balaban J connectivity index is 1.82. The minimum Gasteiger partial charge on any atom is -0.305 e. The first-order chi connectivity index (χ1) is 10.1. The van der Waals surface area contributed by atoms with Crippen molar-refractivity contribution < 1.29 is 12.6 Å². The van der Waals surface area contributed by atoms with Gasteiger partial charge in [-0.25, -0.2) is 9.17 Å². The zero-order chi connectivity index (χ0) is 14.9. The molecule has 21 heavy (non-hydrogen) atoms. The molecule has 0 spiro atoms. The molecule has 1 heterocycles. The van der Waals surface area contributed by atoms with Gasteiger partial charge in [0.2, 0.25) is 0 Å². The van der Waals surface area contributed by atoms with Crippen molar-refractivity contribution in [3.05, 3.63) is 60.4 Å². The van der Waals surface area contributed by atoms with Crippen LogP contribution in [0.5, 0.6) is 0 Å². The number of nitrogens with zero attached hydrogens (tertiary/aromatic N) is 2. The normalized spacial score (nSPS) is 11.9. The largest absolute Gasteiger partial charge is 0.305 e. The van der Waals surface area contributed by atoms with E-state index >= 15 is 0 Å². The second-order valence-electron chi connectivity index (χ2n) is 4.72. The zero-order valence-corrected chi connectivity index (χ0v) is 12.2. The van der Waals surface area contributed by atoms with Crippen LogP contribution in [0.3, 0.4) is 0 Å². The fourth-order valence-corrected chi connectivity index (χ4v) is 2.87. The molecule has 0 aliphatic heterocycles. The number of rotatable bonds is 4. The monoisotopic (exact) mass is 302 g/mol. The average molecular weight is 302 g/mol. The van der Waals surface area contributed by atoms with Crippen LogP contribution in [0.25, 0.3) is 11.0 Å². The lowest BCUT2D eigenvalue weighted by Crippen LogP contribution is -2.10. The number of aromatic nitrogens is 2. The van der Waals surface area contributed by atoms with E-state index in [0.29, 0.717) is 0 Å². The van der Waals surface area contributed by atoms with Crippen molar-refractivity contribution in [3.8, 4) is 0 Å². The maximum absolute atomic E-state index is 12.1. The lowest BCUT2D eigenvalue weighted by Gasteiger charge is -2.07. The SMILES string of the molecule is Cc1ccc(S(=O)(=O)OCn2cnc3ccccc32)cc1. The van der Waals surface area contributed by atoms with Gasteiger partial charge >= 0.3 is 0 Å². The number of para-hydroxylation sites is 2. The summed E-state index contributed by atoms with van der Waals surface area (Å²) in [5, 5.41) is 0. The third-order valence-electron chi connectivity index (χ3n) is 3.18. The molecule has 0 N–H and O–H groups in total. The van der Waals surface area contributed by atoms with Gasteiger partial charge in [-0.05, 0) is 31.2 Å². The highest BCUT2D eigenvalue weighted by atomic mass is 32.2. The van der Waals surface area contributed by atoms with Crippen molar-refractivity contribution in [3.63, 3.8) is 0 Å². The summed E-state index contributed by atoms with van der Waals surface area (Å²) in [6, 6.07) is 14.0. The van der Waals surface area contributed by atoms with Crippen LogP contribution >= 0.6 is 0 Å². The Labute approximate surface area is 122 Å². The number of fused-ring (bicyclic) bond motifs is 1. The number of hydrogen-bond donors (Lipinski definition) is 0. The molecule has 0 radical (unpaired) electrons. The molecule has 2 aromatic carbocycles. The summed E-state index contributed by atoms with van der Waals surface area (Å²) in [7, 11) is -3.77. The van der Waals surface area contributed by atoms with E-state index in [0.717, 1.165) is 16.6 Å². The van der Waals surface area contributed by atoms with E-state index in [9.17, 15) is 8.42 Å².